The maximum atomic E-state index is 11.9. The van der Waals surface area contributed by atoms with Gasteiger partial charge in [-0.1, -0.05) is 63.5 Å². The van der Waals surface area contributed by atoms with Gasteiger partial charge in [-0.3, -0.25) is 19.2 Å². The van der Waals surface area contributed by atoms with Crippen LogP contribution in [0.2, 0.25) is 0 Å². The summed E-state index contributed by atoms with van der Waals surface area (Å²) in [6, 6.07) is 0. The van der Waals surface area contributed by atoms with Crippen molar-refractivity contribution in [3.05, 3.63) is 31.2 Å². The minimum Gasteiger partial charge on any atom is -0.396 e. The fourth-order valence-electron chi connectivity index (χ4n) is 3.83. The van der Waals surface area contributed by atoms with E-state index in [-0.39, 0.29) is 45.1 Å². The minimum atomic E-state index is -0.640. The van der Waals surface area contributed by atoms with E-state index in [2.05, 4.69) is 13.2 Å². The third-order valence-corrected chi connectivity index (χ3v) is 6.12. The first-order valence-electron chi connectivity index (χ1n) is 14.1. The Balaban J connectivity index is 3.86. The van der Waals surface area contributed by atoms with Gasteiger partial charge in [0.25, 0.3) is 0 Å². The van der Waals surface area contributed by atoms with Crippen molar-refractivity contribution in [1.29, 1.82) is 0 Å². The summed E-state index contributed by atoms with van der Waals surface area (Å²) in [5.41, 5.74) is 0. The molecule has 0 aromatic rings. The van der Waals surface area contributed by atoms with Crippen molar-refractivity contribution in [1.82, 2.24) is 0 Å². The van der Waals surface area contributed by atoms with Gasteiger partial charge in [-0.25, -0.2) is 0 Å². The van der Waals surface area contributed by atoms with Crippen LogP contribution in [0, 0.1) is 5.92 Å². The van der Waals surface area contributed by atoms with E-state index in [9.17, 15) is 24.3 Å². The summed E-state index contributed by atoms with van der Waals surface area (Å²) in [5.74, 6) is -1.77. The summed E-state index contributed by atoms with van der Waals surface area (Å²) >= 11 is 0. The zero-order chi connectivity index (χ0) is 27.6. The summed E-state index contributed by atoms with van der Waals surface area (Å²) < 4.78 is 9.68. The third kappa shape index (κ3) is 23.8. The van der Waals surface area contributed by atoms with Crippen molar-refractivity contribution in [2.45, 2.75) is 128 Å². The number of hydrogen-bond donors (Lipinski definition) is 1. The molecular weight excluding hydrogens is 472 g/mol. The van der Waals surface area contributed by atoms with Gasteiger partial charge in [0.15, 0.2) is 0 Å². The number of esters is 4. The maximum Gasteiger partial charge on any atom is 0.313 e. The van der Waals surface area contributed by atoms with E-state index in [0.717, 1.165) is 77.0 Å². The lowest BCUT2D eigenvalue weighted by Gasteiger charge is -2.12. The first-order valence-corrected chi connectivity index (χ1v) is 14.1. The molecule has 0 spiro atoms. The van der Waals surface area contributed by atoms with Crippen LogP contribution in [0.5, 0.6) is 0 Å². The summed E-state index contributed by atoms with van der Waals surface area (Å²) in [4.78, 5) is 47.5. The highest BCUT2D eigenvalue weighted by molar-refractivity contribution is 5.86. The molecule has 1 radical (unpaired) electrons. The van der Waals surface area contributed by atoms with Crippen LogP contribution in [-0.2, 0) is 28.7 Å². The number of carbonyl (C=O) groups is 4. The monoisotopic (exact) mass is 521 g/mol. The van der Waals surface area contributed by atoms with Gasteiger partial charge in [0.1, 0.15) is 0 Å². The van der Waals surface area contributed by atoms with E-state index >= 15 is 0 Å². The molecule has 0 rings (SSSR count). The molecule has 211 valence electrons. The molecule has 0 aromatic heterocycles. The topological polar surface area (TPSA) is 107 Å². The van der Waals surface area contributed by atoms with Crippen LogP contribution in [0.3, 0.4) is 0 Å². The van der Waals surface area contributed by atoms with Crippen LogP contribution < -0.4 is 0 Å². The average Bonchev–Trinajstić information content (AvgIpc) is 2.87. The fourth-order valence-corrected chi connectivity index (χ4v) is 3.83. The molecule has 0 unspecified atom stereocenters. The molecule has 7 nitrogen and oxygen atoms in total. The number of unbranched alkanes of at least 4 members (excludes halogenated alkanes) is 12. The molecule has 0 aliphatic rings. The highest BCUT2D eigenvalue weighted by Crippen LogP contribution is 2.17. The molecule has 7 heteroatoms. The van der Waals surface area contributed by atoms with Crippen LogP contribution in [0.25, 0.3) is 0 Å². The maximum absolute atomic E-state index is 11.9. The predicted octanol–water partition coefficient (Wildman–Crippen LogP) is 6.87. The Morgan fingerprint density at radius 3 is 1.16 bits per heavy atom. The predicted molar refractivity (Wildman–Crippen MR) is 145 cm³/mol. The molecule has 0 aliphatic heterocycles. The van der Waals surface area contributed by atoms with E-state index in [1.807, 2.05) is 12.2 Å². The molecule has 0 fully saturated rings. The fraction of sp³-hybridized carbons (Fsp3) is 0.700. The molecule has 0 bridgehead atoms. The molecule has 0 saturated heterocycles. The number of aliphatic hydroxyl groups is 1. The lowest BCUT2D eigenvalue weighted by atomic mass is 9.98. The van der Waals surface area contributed by atoms with Gasteiger partial charge < -0.3 is 14.6 Å². The second-order valence-electron chi connectivity index (χ2n) is 9.50. The second kappa shape index (κ2) is 25.4. The Bertz CT molecular complexity index is 602. The summed E-state index contributed by atoms with van der Waals surface area (Å²) in [6.45, 7) is 7.11. The first-order chi connectivity index (χ1) is 17.9. The van der Waals surface area contributed by atoms with E-state index < -0.39 is 23.9 Å². The molecule has 0 aromatic carbocycles. The Morgan fingerprint density at radius 2 is 0.811 bits per heavy atom. The normalized spacial score (nSPS) is 10.8. The van der Waals surface area contributed by atoms with Crippen molar-refractivity contribution in [2.24, 2.45) is 0 Å². The lowest BCUT2D eigenvalue weighted by Crippen LogP contribution is -2.16. The van der Waals surface area contributed by atoms with E-state index in [1.165, 1.54) is 0 Å². The van der Waals surface area contributed by atoms with Gasteiger partial charge >= 0.3 is 23.9 Å². The van der Waals surface area contributed by atoms with Crippen LogP contribution in [0.1, 0.15) is 128 Å². The van der Waals surface area contributed by atoms with Gasteiger partial charge in [0.05, 0.1) is 0 Å². The number of hydrogen-bond acceptors (Lipinski definition) is 7. The number of aliphatic hydroxyl groups excluding tert-OH is 1. The molecule has 0 amide bonds. The zero-order valence-electron chi connectivity index (χ0n) is 22.8. The van der Waals surface area contributed by atoms with E-state index in [4.69, 9.17) is 9.47 Å². The first kappa shape index (κ1) is 34.7. The largest absolute Gasteiger partial charge is 0.396 e. The van der Waals surface area contributed by atoms with Gasteiger partial charge in [-0.05, 0) is 51.4 Å². The average molecular weight is 522 g/mol. The van der Waals surface area contributed by atoms with Crippen LogP contribution in [0.15, 0.2) is 25.3 Å². The number of allylic oxidation sites excluding steroid dienone is 2. The van der Waals surface area contributed by atoms with Crippen molar-refractivity contribution < 1.29 is 33.8 Å². The van der Waals surface area contributed by atoms with Gasteiger partial charge in [-0.15, -0.1) is 13.2 Å². The van der Waals surface area contributed by atoms with E-state index in [0.29, 0.717) is 18.8 Å². The van der Waals surface area contributed by atoms with Crippen molar-refractivity contribution >= 4 is 23.9 Å². The van der Waals surface area contributed by atoms with Crippen LogP contribution in [-0.4, -0.2) is 35.6 Å². The SMILES string of the molecule is C=CCCCCCCCCC(=O)OC(=O)CC[C](CO)CCC(=O)OC(=O)CCCCCCCCC=C. The molecule has 0 atom stereocenters. The van der Waals surface area contributed by atoms with Gasteiger partial charge in [0, 0.05) is 38.2 Å². The van der Waals surface area contributed by atoms with Crippen LogP contribution >= 0.6 is 0 Å². The lowest BCUT2D eigenvalue weighted by molar-refractivity contribution is -0.161. The quantitative estimate of drug-likeness (QED) is 0.0604. The van der Waals surface area contributed by atoms with Gasteiger partial charge in [0.2, 0.25) is 0 Å². The van der Waals surface area contributed by atoms with Crippen LogP contribution in [0.4, 0.5) is 0 Å². The molecule has 0 aliphatic carbocycles. The minimum absolute atomic E-state index is 0.0491. The number of carbonyl (C=O) groups excluding carboxylic acids is 4. The van der Waals surface area contributed by atoms with E-state index in [1.54, 1.807) is 0 Å². The Hall–Kier alpha value is -2.28. The van der Waals surface area contributed by atoms with Crippen molar-refractivity contribution in [3.63, 3.8) is 0 Å². The van der Waals surface area contributed by atoms with Crippen molar-refractivity contribution in [3.8, 4) is 0 Å². The number of rotatable bonds is 25. The Morgan fingerprint density at radius 1 is 0.486 bits per heavy atom. The molecule has 37 heavy (non-hydrogen) atoms. The summed E-state index contributed by atoms with van der Waals surface area (Å²) in [7, 11) is 0. The summed E-state index contributed by atoms with van der Waals surface area (Å²) in [5, 5.41) is 9.50. The highest BCUT2D eigenvalue weighted by atomic mass is 16.6. The summed E-state index contributed by atoms with van der Waals surface area (Å²) in [6.07, 6.45) is 18.8. The zero-order valence-corrected chi connectivity index (χ0v) is 22.8. The standard InChI is InChI=1S/C30H49O7/c1-3-5-7-9-11-13-15-17-19-27(32)36-29(34)23-21-26(25-31)22-24-30(35)37-28(33)20-18-16-14-12-10-8-6-4-2/h3-4,31H,1-2,5-25H2. The van der Waals surface area contributed by atoms with Gasteiger partial charge in [-0.2, -0.15) is 0 Å². The second-order valence-corrected chi connectivity index (χ2v) is 9.50. The number of ether oxygens (including phenoxy) is 2. The smallest absolute Gasteiger partial charge is 0.313 e. The molecule has 1 N–H and O–H groups in total. The molecule has 0 saturated carbocycles. The molecular formula is C30H49O7. The molecule has 0 heterocycles. The Kier molecular flexibility index (Phi) is 23.8. The Labute approximate surface area is 224 Å². The third-order valence-electron chi connectivity index (χ3n) is 6.12. The highest BCUT2D eigenvalue weighted by Gasteiger charge is 2.17. The van der Waals surface area contributed by atoms with Crippen molar-refractivity contribution in [2.75, 3.05) is 6.61 Å².